The minimum absolute atomic E-state index is 0.0598. The lowest BCUT2D eigenvalue weighted by Crippen LogP contribution is -2.63. The van der Waals surface area contributed by atoms with Crippen LogP contribution >= 0.6 is 0 Å². The van der Waals surface area contributed by atoms with E-state index in [-0.39, 0.29) is 5.91 Å². The molecule has 2 aliphatic carbocycles. The standard InChI is InChI=1S/C16H22N2O2/c19-16(11-5-7-17-9-11)18-14-12-6-8-20-15(12)13(14)10-3-1-2-4-10/h5,7,9-10,12-15,17H,1-4,6,8H2,(H,18,19)/t12-,13+,14-,15-/m0/s1. The van der Waals surface area contributed by atoms with Crippen LogP contribution in [0.15, 0.2) is 18.5 Å². The fraction of sp³-hybridized carbons (Fsp3) is 0.688. The average Bonchev–Trinajstić information content (AvgIpc) is 3.18. The lowest BCUT2D eigenvalue weighted by molar-refractivity contribution is -0.0784. The summed E-state index contributed by atoms with van der Waals surface area (Å²) in [5.41, 5.74) is 0.734. The fourth-order valence-electron chi connectivity index (χ4n) is 4.56. The van der Waals surface area contributed by atoms with Crippen molar-refractivity contribution in [3.05, 3.63) is 24.0 Å². The van der Waals surface area contributed by atoms with Crippen molar-refractivity contribution < 1.29 is 9.53 Å². The van der Waals surface area contributed by atoms with Crippen LogP contribution in [0.5, 0.6) is 0 Å². The van der Waals surface area contributed by atoms with Gasteiger partial charge in [0.25, 0.3) is 5.91 Å². The number of carbonyl (C=O) groups excluding carboxylic acids is 1. The van der Waals surface area contributed by atoms with E-state index in [9.17, 15) is 4.79 Å². The van der Waals surface area contributed by atoms with E-state index in [1.165, 1.54) is 25.7 Å². The van der Waals surface area contributed by atoms with Crippen LogP contribution in [-0.2, 0) is 4.74 Å². The number of amides is 1. The Morgan fingerprint density at radius 2 is 2.15 bits per heavy atom. The average molecular weight is 274 g/mol. The topological polar surface area (TPSA) is 54.1 Å². The predicted molar refractivity (Wildman–Crippen MR) is 75.3 cm³/mol. The van der Waals surface area contributed by atoms with Gasteiger partial charge in [-0.2, -0.15) is 0 Å². The first-order chi connectivity index (χ1) is 9.84. The van der Waals surface area contributed by atoms with Crippen LogP contribution in [0.2, 0.25) is 0 Å². The maximum absolute atomic E-state index is 12.3. The number of H-pyrrole nitrogens is 1. The molecule has 4 nitrogen and oxygen atoms in total. The van der Waals surface area contributed by atoms with Crippen molar-refractivity contribution >= 4 is 5.91 Å². The molecular weight excluding hydrogens is 252 g/mol. The summed E-state index contributed by atoms with van der Waals surface area (Å²) in [6, 6.07) is 2.16. The smallest absolute Gasteiger partial charge is 0.253 e. The molecule has 0 bridgehead atoms. The van der Waals surface area contributed by atoms with E-state index >= 15 is 0 Å². The molecule has 4 heteroatoms. The molecule has 1 aromatic heterocycles. The van der Waals surface area contributed by atoms with Gasteiger partial charge in [-0.05, 0) is 18.4 Å². The van der Waals surface area contributed by atoms with Gasteiger partial charge in [0, 0.05) is 36.9 Å². The van der Waals surface area contributed by atoms with Crippen LogP contribution in [0.25, 0.3) is 0 Å². The van der Waals surface area contributed by atoms with Gasteiger partial charge in [-0.1, -0.05) is 25.7 Å². The Bertz CT molecular complexity index is 474. The first kappa shape index (κ1) is 12.5. The Balaban J connectivity index is 1.48. The molecule has 2 N–H and O–H groups in total. The first-order valence-electron chi connectivity index (χ1n) is 7.90. The quantitative estimate of drug-likeness (QED) is 0.889. The van der Waals surface area contributed by atoms with Gasteiger partial charge in [-0.15, -0.1) is 0 Å². The number of hydrogen-bond acceptors (Lipinski definition) is 2. The number of aromatic amines is 1. The van der Waals surface area contributed by atoms with E-state index in [2.05, 4.69) is 10.3 Å². The Hall–Kier alpha value is -1.29. The van der Waals surface area contributed by atoms with Crippen molar-refractivity contribution in [2.24, 2.45) is 17.8 Å². The molecule has 20 heavy (non-hydrogen) atoms. The van der Waals surface area contributed by atoms with E-state index in [0.29, 0.717) is 24.0 Å². The molecule has 0 unspecified atom stereocenters. The highest BCUT2D eigenvalue weighted by Gasteiger charge is 2.56. The van der Waals surface area contributed by atoms with Crippen molar-refractivity contribution in [1.82, 2.24) is 10.3 Å². The molecule has 3 fully saturated rings. The Labute approximate surface area is 119 Å². The number of nitrogens with one attached hydrogen (secondary N) is 2. The highest BCUT2D eigenvalue weighted by atomic mass is 16.5. The van der Waals surface area contributed by atoms with E-state index in [4.69, 9.17) is 4.74 Å². The van der Waals surface area contributed by atoms with Gasteiger partial charge in [-0.3, -0.25) is 4.79 Å². The third kappa shape index (κ3) is 1.89. The predicted octanol–water partition coefficient (Wildman–Crippen LogP) is 2.34. The fourth-order valence-corrected chi connectivity index (χ4v) is 4.56. The monoisotopic (exact) mass is 274 g/mol. The summed E-state index contributed by atoms with van der Waals surface area (Å²) in [6.45, 7) is 0.870. The zero-order chi connectivity index (χ0) is 13.5. The molecule has 1 saturated heterocycles. The molecule has 108 valence electrons. The lowest BCUT2D eigenvalue weighted by Gasteiger charge is -2.50. The number of aromatic nitrogens is 1. The molecule has 1 aliphatic heterocycles. The zero-order valence-corrected chi connectivity index (χ0v) is 11.7. The lowest BCUT2D eigenvalue weighted by atomic mass is 9.61. The highest BCUT2D eigenvalue weighted by molar-refractivity contribution is 5.94. The Kier molecular flexibility index (Phi) is 3.06. The van der Waals surface area contributed by atoms with Gasteiger partial charge in [0.1, 0.15) is 0 Å². The third-order valence-corrected chi connectivity index (χ3v) is 5.54. The van der Waals surface area contributed by atoms with E-state index < -0.39 is 0 Å². The van der Waals surface area contributed by atoms with Crippen LogP contribution in [0.3, 0.4) is 0 Å². The molecular formula is C16H22N2O2. The minimum atomic E-state index is 0.0598. The summed E-state index contributed by atoms with van der Waals surface area (Å²) >= 11 is 0. The molecule has 1 aromatic rings. The molecule has 1 amide bonds. The molecule has 0 spiro atoms. The Morgan fingerprint density at radius 1 is 1.30 bits per heavy atom. The molecule has 0 aromatic carbocycles. The summed E-state index contributed by atoms with van der Waals surface area (Å²) in [5.74, 6) is 1.91. The molecule has 4 rings (SSSR count). The van der Waals surface area contributed by atoms with Crippen molar-refractivity contribution in [2.75, 3.05) is 6.61 Å². The van der Waals surface area contributed by atoms with Crippen molar-refractivity contribution in [3.8, 4) is 0 Å². The molecule has 4 atom stereocenters. The number of ether oxygens (including phenoxy) is 1. The second-order valence-corrected chi connectivity index (χ2v) is 6.51. The summed E-state index contributed by atoms with van der Waals surface area (Å²) in [6.07, 6.45) is 10.4. The second kappa shape index (κ2) is 4.92. The number of fused-ring (bicyclic) bond motifs is 1. The van der Waals surface area contributed by atoms with E-state index in [1.54, 1.807) is 12.4 Å². The minimum Gasteiger partial charge on any atom is -0.377 e. The van der Waals surface area contributed by atoms with Crippen LogP contribution in [0.1, 0.15) is 42.5 Å². The highest BCUT2D eigenvalue weighted by Crippen LogP contribution is 2.51. The third-order valence-electron chi connectivity index (χ3n) is 5.54. The maximum atomic E-state index is 12.3. The molecule has 0 radical (unpaired) electrons. The number of hydrogen-bond donors (Lipinski definition) is 2. The normalized spacial score (nSPS) is 36.6. The van der Waals surface area contributed by atoms with Gasteiger partial charge in [0.15, 0.2) is 0 Å². The van der Waals surface area contributed by atoms with Crippen LogP contribution in [-0.4, -0.2) is 29.6 Å². The van der Waals surface area contributed by atoms with E-state index in [0.717, 1.165) is 24.5 Å². The number of carbonyl (C=O) groups is 1. The van der Waals surface area contributed by atoms with Crippen molar-refractivity contribution in [2.45, 2.75) is 44.2 Å². The van der Waals surface area contributed by atoms with Gasteiger partial charge < -0.3 is 15.0 Å². The SMILES string of the molecule is O=C(N[C@H]1[C@@H]2CCO[C@@H]2[C@@H]1C1CCCC1)c1cc[nH]c1. The summed E-state index contributed by atoms with van der Waals surface area (Å²) in [7, 11) is 0. The number of rotatable bonds is 3. The largest absolute Gasteiger partial charge is 0.377 e. The van der Waals surface area contributed by atoms with E-state index in [1.807, 2.05) is 6.07 Å². The first-order valence-corrected chi connectivity index (χ1v) is 7.90. The van der Waals surface area contributed by atoms with Crippen molar-refractivity contribution in [3.63, 3.8) is 0 Å². The zero-order valence-electron chi connectivity index (χ0n) is 11.7. The van der Waals surface area contributed by atoms with Crippen LogP contribution in [0.4, 0.5) is 0 Å². The molecule has 2 heterocycles. The van der Waals surface area contributed by atoms with Crippen LogP contribution < -0.4 is 5.32 Å². The molecule has 3 aliphatic rings. The van der Waals surface area contributed by atoms with Crippen LogP contribution in [0, 0.1) is 17.8 Å². The molecule has 2 saturated carbocycles. The van der Waals surface area contributed by atoms with Gasteiger partial charge >= 0.3 is 0 Å². The summed E-state index contributed by atoms with van der Waals surface area (Å²) in [4.78, 5) is 15.2. The summed E-state index contributed by atoms with van der Waals surface area (Å²) < 4.78 is 5.92. The maximum Gasteiger partial charge on any atom is 0.253 e. The van der Waals surface area contributed by atoms with Crippen molar-refractivity contribution in [1.29, 1.82) is 0 Å². The second-order valence-electron chi connectivity index (χ2n) is 6.51. The van der Waals surface area contributed by atoms with Gasteiger partial charge in [0.05, 0.1) is 11.7 Å². The Morgan fingerprint density at radius 3 is 2.90 bits per heavy atom. The van der Waals surface area contributed by atoms with Gasteiger partial charge in [0.2, 0.25) is 0 Å². The summed E-state index contributed by atoms with van der Waals surface area (Å²) in [5, 5.41) is 3.28. The van der Waals surface area contributed by atoms with Gasteiger partial charge in [-0.25, -0.2) is 0 Å².